The molecule has 100 valence electrons. The number of benzene rings is 2. The van der Waals surface area contributed by atoms with Gasteiger partial charge in [-0.25, -0.2) is 0 Å². The van der Waals surface area contributed by atoms with Crippen LogP contribution < -0.4 is 0 Å². The Kier molecular flexibility index (Phi) is 3.54. The maximum absolute atomic E-state index is 10.3. The normalized spacial score (nSPS) is 14.6. The van der Waals surface area contributed by atoms with Crippen LogP contribution in [0.4, 0.5) is 0 Å². The summed E-state index contributed by atoms with van der Waals surface area (Å²) in [7, 11) is 0. The van der Waals surface area contributed by atoms with Crippen molar-refractivity contribution in [1.29, 1.82) is 5.26 Å². The number of aliphatic hydroxyl groups excluding tert-OH is 1. The summed E-state index contributed by atoms with van der Waals surface area (Å²) >= 11 is 0. The molecule has 0 radical (unpaired) electrons. The summed E-state index contributed by atoms with van der Waals surface area (Å²) in [6, 6.07) is 15.8. The average Bonchev–Trinajstić information content (AvgIpc) is 2.95. The first-order valence-electron chi connectivity index (χ1n) is 7.05. The Morgan fingerprint density at radius 2 is 1.95 bits per heavy atom. The topological polar surface area (TPSA) is 44.0 Å². The lowest BCUT2D eigenvalue weighted by atomic mass is 9.97. The van der Waals surface area contributed by atoms with Crippen LogP contribution in [0.1, 0.15) is 40.3 Å². The summed E-state index contributed by atoms with van der Waals surface area (Å²) in [5, 5.41) is 19.2. The smallest absolute Gasteiger partial charge is 0.0991 e. The predicted octanol–water partition coefficient (Wildman–Crippen LogP) is 3.32. The predicted molar refractivity (Wildman–Crippen MR) is 78.3 cm³/mol. The second kappa shape index (κ2) is 5.48. The lowest BCUT2D eigenvalue weighted by Crippen LogP contribution is -2.02. The minimum atomic E-state index is -0.553. The Morgan fingerprint density at radius 3 is 2.80 bits per heavy atom. The summed E-state index contributed by atoms with van der Waals surface area (Å²) in [6.07, 6.45) is 3.63. The van der Waals surface area contributed by atoms with Crippen LogP contribution in [-0.4, -0.2) is 5.11 Å². The Bertz CT molecular complexity index is 669. The molecule has 1 aliphatic carbocycles. The van der Waals surface area contributed by atoms with Crippen LogP contribution in [0.15, 0.2) is 42.5 Å². The molecular formula is C18H17NO. The second-order valence-corrected chi connectivity index (χ2v) is 5.41. The number of nitriles is 1. The van der Waals surface area contributed by atoms with E-state index in [1.807, 2.05) is 12.1 Å². The molecule has 1 atom stereocenters. The largest absolute Gasteiger partial charge is 0.388 e. The molecule has 0 aliphatic heterocycles. The van der Waals surface area contributed by atoms with Crippen molar-refractivity contribution in [3.05, 3.63) is 70.3 Å². The van der Waals surface area contributed by atoms with Gasteiger partial charge in [-0.05, 0) is 53.6 Å². The van der Waals surface area contributed by atoms with Gasteiger partial charge in [-0.1, -0.05) is 30.3 Å². The molecule has 0 spiro atoms. The summed E-state index contributed by atoms with van der Waals surface area (Å²) in [6.45, 7) is 0. The van der Waals surface area contributed by atoms with E-state index in [9.17, 15) is 5.11 Å². The van der Waals surface area contributed by atoms with E-state index in [-0.39, 0.29) is 0 Å². The number of aliphatic hydroxyl groups is 1. The Hall–Kier alpha value is -2.11. The third-order valence-corrected chi connectivity index (χ3v) is 3.99. The molecule has 0 aromatic heterocycles. The van der Waals surface area contributed by atoms with E-state index >= 15 is 0 Å². The molecule has 2 nitrogen and oxygen atoms in total. The molecule has 1 unspecified atom stereocenters. The van der Waals surface area contributed by atoms with E-state index in [4.69, 9.17) is 5.26 Å². The highest BCUT2D eigenvalue weighted by Gasteiger charge is 2.13. The molecule has 2 aromatic rings. The first kappa shape index (κ1) is 12.9. The number of aryl methyl sites for hydroxylation is 2. The number of nitrogens with zero attached hydrogens (tertiary/aromatic N) is 1. The summed E-state index contributed by atoms with van der Waals surface area (Å²) in [5.74, 6) is 0. The van der Waals surface area contributed by atoms with Crippen LogP contribution in [0.2, 0.25) is 0 Å². The Labute approximate surface area is 119 Å². The second-order valence-electron chi connectivity index (χ2n) is 5.41. The van der Waals surface area contributed by atoms with Crippen molar-refractivity contribution in [3.63, 3.8) is 0 Å². The fraction of sp³-hybridized carbons (Fsp3) is 0.278. The molecule has 2 aromatic carbocycles. The molecule has 0 saturated carbocycles. The molecule has 0 saturated heterocycles. The lowest BCUT2D eigenvalue weighted by Gasteiger charge is -2.12. The van der Waals surface area contributed by atoms with Gasteiger partial charge in [0, 0.05) is 6.42 Å². The third-order valence-electron chi connectivity index (χ3n) is 3.99. The van der Waals surface area contributed by atoms with Gasteiger partial charge in [-0.3, -0.25) is 0 Å². The van der Waals surface area contributed by atoms with Crippen LogP contribution >= 0.6 is 0 Å². The van der Waals surface area contributed by atoms with Crippen molar-refractivity contribution >= 4 is 0 Å². The van der Waals surface area contributed by atoms with Crippen molar-refractivity contribution in [3.8, 4) is 6.07 Å². The number of rotatable bonds is 3. The molecule has 1 aliphatic rings. The van der Waals surface area contributed by atoms with Crippen molar-refractivity contribution in [1.82, 2.24) is 0 Å². The zero-order valence-corrected chi connectivity index (χ0v) is 11.3. The van der Waals surface area contributed by atoms with E-state index in [1.165, 1.54) is 29.5 Å². The van der Waals surface area contributed by atoms with Crippen LogP contribution in [-0.2, 0) is 19.3 Å². The average molecular weight is 263 g/mol. The molecule has 3 rings (SSSR count). The van der Waals surface area contributed by atoms with Crippen LogP contribution in [0.5, 0.6) is 0 Å². The molecule has 2 heteroatoms. The van der Waals surface area contributed by atoms with Gasteiger partial charge in [-0.15, -0.1) is 0 Å². The minimum Gasteiger partial charge on any atom is -0.388 e. The zero-order chi connectivity index (χ0) is 13.9. The van der Waals surface area contributed by atoms with Gasteiger partial charge < -0.3 is 5.11 Å². The maximum Gasteiger partial charge on any atom is 0.0991 e. The van der Waals surface area contributed by atoms with Gasteiger partial charge in [0.1, 0.15) is 0 Å². The zero-order valence-electron chi connectivity index (χ0n) is 11.3. The number of fused-ring (bicyclic) bond motifs is 1. The highest BCUT2D eigenvalue weighted by Crippen LogP contribution is 2.25. The van der Waals surface area contributed by atoms with E-state index in [0.29, 0.717) is 12.0 Å². The van der Waals surface area contributed by atoms with Crippen LogP contribution in [0, 0.1) is 11.3 Å². The van der Waals surface area contributed by atoms with E-state index < -0.39 is 6.10 Å². The van der Waals surface area contributed by atoms with Gasteiger partial charge in [-0.2, -0.15) is 5.26 Å². The van der Waals surface area contributed by atoms with Crippen molar-refractivity contribution in [2.45, 2.75) is 31.8 Å². The number of hydrogen-bond acceptors (Lipinski definition) is 2. The first-order chi connectivity index (χ1) is 9.76. The SMILES string of the molecule is N#Cc1cccc(C(O)Cc2ccc3c(c2)CCC3)c1. The minimum absolute atomic E-state index is 0.553. The molecular weight excluding hydrogens is 246 g/mol. The molecule has 0 amide bonds. The fourth-order valence-electron chi connectivity index (χ4n) is 2.91. The quantitative estimate of drug-likeness (QED) is 0.923. The Balaban J connectivity index is 1.78. The van der Waals surface area contributed by atoms with Crippen LogP contribution in [0.3, 0.4) is 0 Å². The summed E-state index contributed by atoms with van der Waals surface area (Å²) in [5.41, 5.74) is 5.45. The maximum atomic E-state index is 10.3. The molecule has 1 N–H and O–H groups in total. The first-order valence-corrected chi connectivity index (χ1v) is 7.05. The standard InChI is InChI=1S/C18H17NO/c19-12-14-3-1-6-17(10-14)18(20)11-13-7-8-15-4-2-5-16(15)9-13/h1,3,6-10,18,20H,2,4-5,11H2. The highest BCUT2D eigenvalue weighted by atomic mass is 16.3. The number of hydrogen-bond donors (Lipinski definition) is 1. The van der Waals surface area contributed by atoms with Gasteiger partial charge in [0.05, 0.1) is 17.7 Å². The van der Waals surface area contributed by atoms with Gasteiger partial charge in [0.15, 0.2) is 0 Å². The fourth-order valence-corrected chi connectivity index (χ4v) is 2.91. The monoisotopic (exact) mass is 263 g/mol. The molecule has 0 bridgehead atoms. The summed E-state index contributed by atoms with van der Waals surface area (Å²) < 4.78 is 0. The van der Waals surface area contributed by atoms with Crippen molar-refractivity contribution in [2.75, 3.05) is 0 Å². The third kappa shape index (κ3) is 2.59. The van der Waals surface area contributed by atoms with Crippen molar-refractivity contribution in [2.24, 2.45) is 0 Å². The molecule has 0 fully saturated rings. The van der Waals surface area contributed by atoms with E-state index in [2.05, 4.69) is 24.3 Å². The van der Waals surface area contributed by atoms with Gasteiger partial charge in [0.2, 0.25) is 0 Å². The summed E-state index contributed by atoms with van der Waals surface area (Å²) in [4.78, 5) is 0. The van der Waals surface area contributed by atoms with Gasteiger partial charge in [0.25, 0.3) is 0 Å². The van der Waals surface area contributed by atoms with E-state index in [0.717, 1.165) is 12.0 Å². The van der Waals surface area contributed by atoms with Crippen LogP contribution in [0.25, 0.3) is 0 Å². The molecule has 20 heavy (non-hydrogen) atoms. The Morgan fingerprint density at radius 1 is 1.10 bits per heavy atom. The highest BCUT2D eigenvalue weighted by molar-refractivity contribution is 5.37. The van der Waals surface area contributed by atoms with E-state index in [1.54, 1.807) is 12.1 Å². The molecule has 0 heterocycles. The van der Waals surface area contributed by atoms with Crippen molar-refractivity contribution < 1.29 is 5.11 Å². The van der Waals surface area contributed by atoms with Gasteiger partial charge >= 0.3 is 0 Å². The lowest BCUT2D eigenvalue weighted by molar-refractivity contribution is 0.178.